The molecule has 3 aromatic carbocycles. The van der Waals surface area contributed by atoms with Crippen molar-refractivity contribution in [2.45, 2.75) is 13.0 Å². The molecular weight excluding hydrogens is 434 g/mol. The number of anilines is 1. The summed E-state index contributed by atoms with van der Waals surface area (Å²) in [6.45, 7) is 0.715. The number of halogens is 4. The van der Waals surface area contributed by atoms with E-state index in [9.17, 15) is 9.18 Å². The van der Waals surface area contributed by atoms with Crippen LogP contribution in [-0.4, -0.2) is 17.5 Å². The molecule has 0 spiro atoms. The zero-order chi connectivity index (χ0) is 20.8. The second kappa shape index (κ2) is 9.97. The van der Waals surface area contributed by atoms with Crippen LogP contribution in [0, 0.1) is 5.82 Å². The Morgan fingerprint density at radius 2 is 1.62 bits per heavy atom. The van der Waals surface area contributed by atoms with Crippen molar-refractivity contribution in [2.24, 2.45) is 0 Å². The van der Waals surface area contributed by atoms with Crippen LogP contribution in [0.5, 0.6) is 0 Å². The molecule has 0 heterocycles. The number of benzene rings is 3. The van der Waals surface area contributed by atoms with E-state index < -0.39 is 11.8 Å². The van der Waals surface area contributed by atoms with Gasteiger partial charge in [-0.05, 0) is 53.9 Å². The first-order chi connectivity index (χ1) is 13.9. The van der Waals surface area contributed by atoms with Crippen LogP contribution in [0.25, 0.3) is 0 Å². The Bertz CT molecular complexity index is 996. The monoisotopic (exact) mass is 450 g/mol. The highest BCUT2D eigenvalue weighted by Gasteiger charge is 2.16. The first kappa shape index (κ1) is 21.4. The summed E-state index contributed by atoms with van der Waals surface area (Å²) in [4.78, 5) is 14.5. The lowest BCUT2D eigenvalue weighted by molar-refractivity contribution is 0.209. The van der Waals surface area contributed by atoms with Gasteiger partial charge in [-0.15, -0.1) is 0 Å². The van der Waals surface area contributed by atoms with Crippen LogP contribution in [0.2, 0.25) is 15.1 Å². The van der Waals surface area contributed by atoms with Crippen molar-refractivity contribution < 1.29 is 9.18 Å². The van der Waals surface area contributed by atoms with E-state index >= 15 is 0 Å². The van der Waals surface area contributed by atoms with Crippen LogP contribution in [0.3, 0.4) is 0 Å². The lowest BCUT2D eigenvalue weighted by Gasteiger charge is -2.24. The molecule has 0 aliphatic rings. The van der Waals surface area contributed by atoms with Gasteiger partial charge in [-0.1, -0.05) is 65.1 Å². The molecule has 0 saturated carbocycles. The normalized spacial score (nSPS) is 10.6. The van der Waals surface area contributed by atoms with Gasteiger partial charge in [-0.25, -0.2) is 9.18 Å². The summed E-state index contributed by atoms with van der Waals surface area (Å²) >= 11 is 18.1. The van der Waals surface area contributed by atoms with Gasteiger partial charge in [-0.2, -0.15) is 0 Å². The highest BCUT2D eigenvalue weighted by Crippen LogP contribution is 2.22. The third kappa shape index (κ3) is 6.10. The maximum Gasteiger partial charge on any atom is 0.322 e. The van der Waals surface area contributed by atoms with Gasteiger partial charge in [-0.3, -0.25) is 0 Å². The molecule has 0 aliphatic heterocycles. The predicted octanol–water partition coefficient (Wildman–Crippen LogP) is 7.06. The highest BCUT2D eigenvalue weighted by atomic mass is 35.5. The maximum absolute atomic E-state index is 13.9. The topological polar surface area (TPSA) is 32.3 Å². The summed E-state index contributed by atoms with van der Waals surface area (Å²) in [6, 6.07) is 18.1. The first-order valence-corrected chi connectivity index (χ1v) is 10.0. The Balaban J connectivity index is 1.77. The molecule has 29 heavy (non-hydrogen) atoms. The van der Waals surface area contributed by atoms with E-state index in [4.69, 9.17) is 34.8 Å². The van der Waals surface area contributed by atoms with Crippen molar-refractivity contribution in [3.63, 3.8) is 0 Å². The fraction of sp³-hybridized carbons (Fsp3) is 0.136. The van der Waals surface area contributed by atoms with Crippen molar-refractivity contribution >= 4 is 46.5 Å². The molecule has 0 unspecified atom stereocenters. The van der Waals surface area contributed by atoms with E-state index in [1.807, 2.05) is 18.2 Å². The molecule has 0 bridgehead atoms. The Kier molecular flexibility index (Phi) is 7.37. The molecule has 3 nitrogen and oxygen atoms in total. The van der Waals surface area contributed by atoms with E-state index in [0.29, 0.717) is 34.6 Å². The van der Waals surface area contributed by atoms with Gasteiger partial charge in [0.05, 0.1) is 5.69 Å². The Hall–Kier alpha value is -2.27. The van der Waals surface area contributed by atoms with Gasteiger partial charge in [0.15, 0.2) is 0 Å². The van der Waals surface area contributed by atoms with Crippen molar-refractivity contribution in [1.82, 2.24) is 4.90 Å². The lowest BCUT2D eigenvalue weighted by atomic mass is 10.1. The summed E-state index contributed by atoms with van der Waals surface area (Å²) in [7, 11) is 0. The summed E-state index contributed by atoms with van der Waals surface area (Å²) in [5, 5.41) is 4.34. The number of carbonyl (C=O) groups is 1. The van der Waals surface area contributed by atoms with Crippen molar-refractivity contribution in [2.75, 3.05) is 11.9 Å². The van der Waals surface area contributed by atoms with Crippen molar-refractivity contribution in [3.05, 3.63) is 98.7 Å². The number of rotatable bonds is 6. The van der Waals surface area contributed by atoms with Gasteiger partial charge in [0, 0.05) is 28.2 Å². The molecule has 0 fully saturated rings. The maximum atomic E-state index is 13.9. The second-order valence-corrected chi connectivity index (χ2v) is 7.72. The average molecular weight is 452 g/mol. The molecule has 3 rings (SSSR count). The number of para-hydroxylation sites is 1. The molecule has 7 heteroatoms. The summed E-state index contributed by atoms with van der Waals surface area (Å²) < 4.78 is 13.9. The number of hydrogen-bond donors (Lipinski definition) is 1. The lowest BCUT2D eigenvalue weighted by Crippen LogP contribution is -2.36. The van der Waals surface area contributed by atoms with Crippen LogP contribution in [0.1, 0.15) is 11.1 Å². The highest BCUT2D eigenvalue weighted by molar-refractivity contribution is 6.35. The Morgan fingerprint density at radius 1 is 0.931 bits per heavy atom. The van der Waals surface area contributed by atoms with Gasteiger partial charge in [0.25, 0.3) is 0 Å². The van der Waals surface area contributed by atoms with E-state index in [2.05, 4.69) is 5.32 Å². The zero-order valence-electron chi connectivity index (χ0n) is 15.3. The second-order valence-electron chi connectivity index (χ2n) is 6.44. The van der Waals surface area contributed by atoms with Crippen LogP contribution in [0.15, 0.2) is 66.7 Å². The number of nitrogens with zero attached hydrogens (tertiary/aromatic N) is 1. The van der Waals surface area contributed by atoms with Gasteiger partial charge in [0.1, 0.15) is 5.82 Å². The van der Waals surface area contributed by atoms with Gasteiger partial charge in [0.2, 0.25) is 0 Å². The minimum atomic E-state index is -0.493. The quantitative estimate of drug-likeness (QED) is 0.427. The molecule has 0 radical (unpaired) electrons. The Morgan fingerprint density at radius 3 is 2.31 bits per heavy atom. The predicted molar refractivity (Wildman–Crippen MR) is 117 cm³/mol. The van der Waals surface area contributed by atoms with E-state index in [1.165, 1.54) is 12.1 Å². The van der Waals surface area contributed by atoms with Gasteiger partial charge < -0.3 is 10.2 Å². The molecule has 2 amide bonds. The molecule has 0 aliphatic carbocycles. The van der Waals surface area contributed by atoms with Crippen LogP contribution in [0.4, 0.5) is 14.9 Å². The standard InChI is InChI=1S/C22H18Cl3FN2O/c23-17-8-5-15(6-9-17)14-28(12-11-16-7-10-18(24)13-19(16)25)22(29)27-21-4-2-1-3-20(21)26/h1-10,13H,11-12,14H2,(H,27,29). The van der Waals surface area contributed by atoms with Crippen LogP contribution < -0.4 is 5.32 Å². The molecule has 0 saturated heterocycles. The molecule has 3 aromatic rings. The third-order valence-corrected chi connectivity index (χ3v) is 5.19. The van der Waals surface area contributed by atoms with Crippen LogP contribution >= 0.6 is 34.8 Å². The molecular formula is C22H18Cl3FN2O. The number of amides is 2. The number of urea groups is 1. The Labute approximate surface area is 184 Å². The van der Waals surface area contributed by atoms with Crippen molar-refractivity contribution in [1.29, 1.82) is 0 Å². The smallest absolute Gasteiger partial charge is 0.320 e. The molecule has 1 N–H and O–H groups in total. The number of carbonyl (C=O) groups excluding carboxylic acids is 1. The van der Waals surface area contributed by atoms with E-state index in [1.54, 1.807) is 41.3 Å². The van der Waals surface area contributed by atoms with Crippen molar-refractivity contribution in [3.8, 4) is 0 Å². The summed E-state index contributed by atoms with van der Waals surface area (Å²) in [5.41, 5.74) is 1.90. The fourth-order valence-corrected chi connectivity index (χ4v) is 3.43. The summed E-state index contributed by atoms with van der Waals surface area (Å²) in [5.74, 6) is -0.493. The minimum absolute atomic E-state index is 0.128. The number of nitrogens with one attached hydrogen (secondary N) is 1. The zero-order valence-corrected chi connectivity index (χ0v) is 17.6. The largest absolute Gasteiger partial charge is 0.322 e. The first-order valence-electron chi connectivity index (χ1n) is 8.91. The third-order valence-electron chi connectivity index (χ3n) is 4.36. The fourth-order valence-electron chi connectivity index (χ4n) is 2.80. The SMILES string of the molecule is O=C(Nc1ccccc1F)N(CCc1ccc(Cl)cc1Cl)Cc1ccc(Cl)cc1. The minimum Gasteiger partial charge on any atom is -0.320 e. The average Bonchev–Trinajstić information content (AvgIpc) is 2.69. The van der Waals surface area contributed by atoms with Crippen LogP contribution in [-0.2, 0) is 13.0 Å². The number of hydrogen-bond acceptors (Lipinski definition) is 1. The van der Waals surface area contributed by atoms with E-state index in [0.717, 1.165) is 11.1 Å². The van der Waals surface area contributed by atoms with Gasteiger partial charge >= 0.3 is 6.03 Å². The molecule has 0 aromatic heterocycles. The summed E-state index contributed by atoms with van der Waals surface area (Å²) in [6.07, 6.45) is 0.522. The molecule has 150 valence electrons. The van der Waals surface area contributed by atoms with E-state index in [-0.39, 0.29) is 5.69 Å². The molecule has 0 atom stereocenters.